The van der Waals surface area contributed by atoms with Gasteiger partial charge in [-0.15, -0.1) is 0 Å². The first kappa shape index (κ1) is 32.0. The van der Waals surface area contributed by atoms with Crippen LogP contribution in [0.5, 0.6) is 5.75 Å². The number of aryl methyl sites for hydroxylation is 2. The molecule has 1 aliphatic heterocycles. The lowest BCUT2D eigenvalue weighted by Crippen LogP contribution is -2.54. The van der Waals surface area contributed by atoms with Crippen LogP contribution in [0.1, 0.15) is 87.1 Å². The molecule has 6 rings (SSSR count). The zero-order valence-electron chi connectivity index (χ0n) is 27.2. The molecule has 2 aliphatic carbocycles. The number of methoxy groups -OCH3 is 1. The van der Waals surface area contributed by atoms with E-state index < -0.39 is 6.10 Å². The number of nitrogens with zero attached hydrogens (tertiary/aromatic N) is 4. The number of carbonyl (C=O) groups is 2. The molecule has 2 amide bonds. The second-order valence-corrected chi connectivity index (χ2v) is 13.3. The minimum Gasteiger partial charge on any atom is -0.496 e. The molecule has 1 aromatic carbocycles. The highest BCUT2D eigenvalue weighted by molar-refractivity contribution is 5.79. The van der Waals surface area contributed by atoms with Crippen molar-refractivity contribution >= 4 is 12.0 Å². The van der Waals surface area contributed by atoms with Crippen LogP contribution in [0.3, 0.4) is 0 Å². The maximum atomic E-state index is 13.8. The first-order chi connectivity index (χ1) is 22.3. The third-order valence-corrected chi connectivity index (χ3v) is 10.3. The van der Waals surface area contributed by atoms with Crippen molar-refractivity contribution in [2.75, 3.05) is 20.2 Å². The molecule has 3 fully saturated rings. The first-order valence-corrected chi connectivity index (χ1v) is 16.9. The fraction of sp³-hybridized carbons (Fsp3) is 0.556. The molecular weight excluding hydrogens is 582 g/mol. The van der Waals surface area contributed by atoms with Crippen molar-refractivity contribution in [3.05, 3.63) is 65.7 Å². The van der Waals surface area contributed by atoms with E-state index in [0.29, 0.717) is 44.7 Å². The largest absolute Gasteiger partial charge is 0.496 e. The number of aliphatic hydroxyl groups excluding tert-OH is 1. The number of rotatable bonds is 9. The highest BCUT2D eigenvalue weighted by atomic mass is 16.6. The lowest BCUT2D eigenvalue weighted by atomic mass is 9.74. The summed E-state index contributed by atoms with van der Waals surface area (Å²) in [4.78, 5) is 32.5. The minimum absolute atomic E-state index is 0.0551. The molecule has 0 radical (unpaired) electrons. The molecule has 3 aliphatic rings. The van der Waals surface area contributed by atoms with E-state index in [9.17, 15) is 14.7 Å². The average molecular weight is 630 g/mol. The van der Waals surface area contributed by atoms with E-state index in [1.807, 2.05) is 29.3 Å². The molecule has 1 saturated heterocycles. The molecule has 0 spiro atoms. The summed E-state index contributed by atoms with van der Waals surface area (Å²) in [5, 5.41) is 17.4. The molecule has 0 bridgehead atoms. The molecule has 1 atom stereocenters. The van der Waals surface area contributed by atoms with Crippen molar-refractivity contribution in [2.24, 2.45) is 11.8 Å². The van der Waals surface area contributed by atoms with E-state index >= 15 is 0 Å². The molecule has 10 nitrogen and oxygen atoms in total. The fourth-order valence-electron chi connectivity index (χ4n) is 7.39. The van der Waals surface area contributed by atoms with E-state index in [1.54, 1.807) is 7.11 Å². The first-order valence-electron chi connectivity index (χ1n) is 16.9. The summed E-state index contributed by atoms with van der Waals surface area (Å²) in [5.41, 5.74) is 5.48. The van der Waals surface area contributed by atoms with E-state index in [4.69, 9.17) is 14.5 Å². The number of aliphatic hydroxyl groups is 1. The number of hydrogen-bond donors (Lipinski definition) is 2. The monoisotopic (exact) mass is 629 g/mol. The topological polar surface area (TPSA) is 119 Å². The van der Waals surface area contributed by atoms with Gasteiger partial charge >= 0.3 is 6.09 Å². The van der Waals surface area contributed by atoms with Crippen LogP contribution in [-0.4, -0.2) is 69.2 Å². The summed E-state index contributed by atoms with van der Waals surface area (Å²) in [7, 11) is 1.71. The Morgan fingerprint density at radius 3 is 2.43 bits per heavy atom. The van der Waals surface area contributed by atoms with Gasteiger partial charge in [-0.25, -0.2) is 4.79 Å². The van der Waals surface area contributed by atoms with Crippen molar-refractivity contribution in [3.63, 3.8) is 0 Å². The second kappa shape index (κ2) is 14.2. The van der Waals surface area contributed by atoms with Gasteiger partial charge in [0.25, 0.3) is 0 Å². The third kappa shape index (κ3) is 7.22. The summed E-state index contributed by atoms with van der Waals surface area (Å²) < 4.78 is 13.1. The molecule has 10 heteroatoms. The lowest BCUT2D eigenvalue weighted by Gasteiger charge is -2.37. The maximum absolute atomic E-state index is 13.8. The Balaban J connectivity index is 1.14. The standard InChI is InChI=1S/C36H47N5O5/c1-4-41-20-29(19-38-41)28-15-16-37-32(18-28)34(25-7-5-24(6-8-25)27-11-14-33(45-3)23(2)17-27)39-35(43)26-9-12-31(13-10-26)46-36(44)40-21-30(42)22-40/h11,14-20,24-26,30-31,34,42H,4-10,12-13,21-22H2,1-3H3,(H,39,43). The molecule has 2 aromatic heterocycles. The van der Waals surface area contributed by atoms with E-state index in [2.05, 4.69) is 48.5 Å². The number of hydrogen-bond acceptors (Lipinski definition) is 7. The van der Waals surface area contributed by atoms with E-state index in [1.165, 1.54) is 10.5 Å². The predicted molar refractivity (Wildman–Crippen MR) is 174 cm³/mol. The van der Waals surface area contributed by atoms with Crippen LogP contribution in [0, 0.1) is 18.8 Å². The molecule has 246 valence electrons. The van der Waals surface area contributed by atoms with Crippen LogP contribution < -0.4 is 10.1 Å². The highest BCUT2D eigenvalue weighted by Gasteiger charge is 2.36. The summed E-state index contributed by atoms with van der Waals surface area (Å²) in [6, 6.07) is 10.4. The minimum atomic E-state index is -0.453. The maximum Gasteiger partial charge on any atom is 0.410 e. The zero-order valence-corrected chi connectivity index (χ0v) is 27.2. The van der Waals surface area contributed by atoms with Crippen LogP contribution in [-0.2, 0) is 16.1 Å². The molecule has 2 saturated carbocycles. The molecule has 46 heavy (non-hydrogen) atoms. The van der Waals surface area contributed by atoms with Gasteiger partial charge in [-0.2, -0.15) is 5.10 Å². The van der Waals surface area contributed by atoms with Gasteiger partial charge in [0.2, 0.25) is 5.91 Å². The molecule has 2 N–H and O–H groups in total. The Labute approximate surface area is 271 Å². The molecule has 3 aromatic rings. The van der Waals surface area contributed by atoms with Crippen molar-refractivity contribution in [1.29, 1.82) is 0 Å². The van der Waals surface area contributed by atoms with Crippen molar-refractivity contribution in [3.8, 4) is 16.9 Å². The van der Waals surface area contributed by atoms with Crippen LogP contribution in [0.2, 0.25) is 0 Å². The summed E-state index contributed by atoms with van der Waals surface area (Å²) in [6.07, 6.45) is 11.5. The Hall–Kier alpha value is -3.92. The Kier molecular flexibility index (Phi) is 9.92. The van der Waals surface area contributed by atoms with Crippen molar-refractivity contribution in [2.45, 2.75) is 95.9 Å². The van der Waals surface area contributed by atoms with Crippen LogP contribution in [0.15, 0.2) is 48.9 Å². The Morgan fingerprint density at radius 1 is 1.02 bits per heavy atom. The van der Waals surface area contributed by atoms with Crippen LogP contribution >= 0.6 is 0 Å². The van der Waals surface area contributed by atoms with Gasteiger partial charge < -0.3 is 24.8 Å². The number of benzene rings is 1. The smallest absolute Gasteiger partial charge is 0.410 e. The number of likely N-dealkylation sites (tertiary alicyclic amines) is 1. The SMILES string of the molecule is CCn1cc(-c2ccnc(C(NC(=O)C3CCC(OC(=O)N4CC(O)C4)CC3)C3CCC(c4ccc(OC)c(C)c4)CC3)c2)cn1. The van der Waals surface area contributed by atoms with Gasteiger partial charge in [0.1, 0.15) is 11.9 Å². The summed E-state index contributed by atoms with van der Waals surface area (Å²) in [5.74, 6) is 1.59. The molecular formula is C36H47N5O5. The quantitative estimate of drug-likeness (QED) is 0.308. The normalized spacial score (nSPS) is 24.1. The summed E-state index contributed by atoms with van der Waals surface area (Å²) >= 11 is 0. The van der Waals surface area contributed by atoms with Crippen molar-refractivity contribution < 1.29 is 24.2 Å². The van der Waals surface area contributed by atoms with Gasteiger partial charge in [0, 0.05) is 30.4 Å². The third-order valence-electron chi connectivity index (χ3n) is 10.3. The van der Waals surface area contributed by atoms with Gasteiger partial charge in [0.05, 0.1) is 44.2 Å². The highest BCUT2D eigenvalue weighted by Crippen LogP contribution is 2.42. The van der Waals surface area contributed by atoms with Crippen LogP contribution in [0.25, 0.3) is 11.1 Å². The molecule has 3 heterocycles. The number of carbonyl (C=O) groups excluding carboxylic acids is 2. The second-order valence-electron chi connectivity index (χ2n) is 13.3. The summed E-state index contributed by atoms with van der Waals surface area (Å²) in [6.45, 7) is 5.62. The number of ether oxygens (including phenoxy) is 2. The van der Waals surface area contributed by atoms with Gasteiger partial charge in [-0.3, -0.25) is 14.5 Å². The van der Waals surface area contributed by atoms with Gasteiger partial charge in [-0.05, 0) is 112 Å². The molecule has 1 unspecified atom stereocenters. The average Bonchev–Trinajstić information content (AvgIpc) is 3.56. The number of β-amino-alcohol motifs (C(OH)–C–C–N with tert-alkyl or cyclic N) is 1. The fourth-order valence-corrected chi connectivity index (χ4v) is 7.39. The Morgan fingerprint density at radius 2 is 1.78 bits per heavy atom. The van der Waals surface area contributed by atoms with E-state index in [0.717, 1.165) is 60.4 Å². The van der Waals surface area contributed by atoms with E-state index in [-0.39, 0.29) is 36.0 Å². The number of amides is 2. The Bertz CT molecular complexity index is 1500. The van der Waals surface area contributed by atoms with Crippen molar-refractivity contribution in [1.82, 2.24) is 25.0 Å². The zero-order chi connectivity index (χ0) is 32.2. The predicted octanol–water partition coefficient (Wildman–Crippen LogP) is 5.79. The van der Waals surface area contributed by atoms with Gasteiger partial charge in [0.15, 0.2) is 0 Å². The van der Waals surface area contributed by atoms with Gasteiger partial charge in [-0.1, -0.05) is 12.1 Å². The van der Waals surface area contributed by atoms with Crippen LogP contribution in [0.4, 0.5) is 4.79 Å². The number of nitrogens with one attached hydrogen (secondary N) is 1. The lowest BCUT2D eigenvalue weighted by molar-refractivity contribution is -0.128. The number of pyridine rings is 1. The number of aromatic nitrogens is 3.